The van der Waals surface area contributed by atoms with Crippen LogP contribution in [0.15, 0.2) is 41.3 Å². The zero-order valence-electron chi connectivity index (χ0n) is 18.2. The zero-order valence-corrected chi connectivity index (χ0v) is 18.2. The van der Waals surface area contributed by atoms with Gasteiger partial charge in [0, 0.05) is 11.3 Å². The van der Waals surface area contributed by atoms with Crippen molar-refractivity contribution >= 4 is 5.91 Å². The predicted octanol–water partition coefficient (Wildman–Crippen LogP) is 3.93. The normalized spacial score (nSPS) is 17.4. The largest absolute Gasteiger partial charge is 0.345 e. The molecule has 0 spiro atoms. The Morgan fingerprint density at radius 1 is 1.20 bits per heavy atom. The summed E-state index contributed by atoms with van der Waals surface area (Å²) < 4.78 is 1.97. The van der Waals surface area contributed by atoms with E-state index >= 15 is 0 Å². The van der Waals surface area contributed by atoms with Crippen LogP contribution in [-0.4, -0.2) is 20.7 Å². The number of fused-ring (bicyclic) bond motifs is 1. The van der Waals surface area contributed by atoms with Crippen molar-refractivity contribution in [1.29, 1.82) is 0 Å². The molecule has 6 heteroatoms. The van der Waals surface area contributed by atoms with Crippen molar-refractivity contribution < 1.29 is 4.79 Å². The first kappa shape index (κ1) is 20.1. The standard InChI is InChI=1S/C24H28N4O2/c1-14-6-8-17(9-7-14)28-20-12-24(4,5)11-19(18(20)13-25-28)27-23(30)21-15(2)10-16(3)26-22(21)29/h6-10,13,19H,11-12H2,1-5H3,(H,26,29)(H,27,30)/t19-/m1/s1. The van der Waals surface area contributed by atoms with Crippen molar-refractivity contribution in [3.8, 4) is 5.69 Å². The summed E-state index contributed by atoms with van der Waals surface area (Å²) in [5.41, 5.74) is 5.57. The molecule has 1 atom stereocenters. The molecule has 2 N–H and O–H groups in total. The molecule has 0 saturated carbocycles. The van der Waals surface area contributed by atoms with Crippen LogP contribution < -0.4 is 10.9 Å². The average Bonchev–Trinajstić information content (AvgIpc) is 3.04. The van der Waals surface area contributed by atoms with Gasteiger partial charge < -0.3 is 10.3 Å². The summed E-state index contributed by atoms with van der Waals surface area (Å²) in [7, 11) is 0. The second-order valence-electron chi connectivity index (χ2n) is 9.20. The predicted molar refractivity (Wildman–Crippen MR) is 117 cm³/mol. The third kappa shape index (κ3) is 3.70. The number of pyridine rings is 1. The van der Waals surface area contributed by atoms with Gasteiger partial charge in [-0.3, -0.25) is 9.59 Å². The van der Waals surface area contributed by atoms with E-state index in [1.54, 1.807) is 6.92 Å². The van der Waals surface area contributed by atoms with E-state index in [0.717, 1.165) is 35.5 Å². The Morgan fingerprint density at radius 3 is 2.57 bits per heavy atom. The van der Waals surface area contributed by atoms with Crippen LogP contribution in [0.2, 0.25) is 0 Å². The summed E-state index contributed by atoms with van der Waals surface area (Å²) in [4.78, 5) is 28.2. The van der Waals surface area contributed by atoms with Gasteiger partial charge in [0.1, 0.15) is 5.56 Å². The zero-order chi connectivity index (χ0) is 21.6. The average molecular weight is 405 g/mol. The van der Waals surface area contributed by atoms with Gasteiger partial charge in [-0.1, -0.05) is 31.5 Å². The minimum atomic E-state index is -0.351. The molecule has 0 unspecified atom stereocenters. The second-order valence-corrected chi connectivity index (χ2v) is 9.20. The number of aromatic nitrogens is 3. The summed E-state index contributed by atoms with van der Waals surface area (Å²) in [6.45, 7) is 10.1. The van der Waals surface area contributed by atoms with Crippen molar-refractivity contribution in [2.75, 3.05) is 0 Å². The number of hydrogen-bond donors (Lipinski definition) is 2. The smallest absolute Gasteiger partial charge is 0.261 e. The second kappa shape index (κ2) is 7.27. The number of aryl methyl sites for hydroxylation is 3. The highest BCUT2D eigenvalue weighted by atomic mass is 16.2. The Hall–Kier alpha value is -3.15. The molecule has 0 fully saturated rings. The van der Waals surface area contributed by atoms with Gasteiger partial charge in [0.25, 0.3) is 11.5 Å². The van der Waals surface area contributed by atoms with E-state index in [1.165, 1.54) is 5.56 Å². The van der Waals surface area contributed by atoms with Crippen molar-refractivity contribution in [2.24, 2.45) is 5.41 Å². The van der Waals surface area contributed by atoms with E-state index in [1.807, 2.05) is 23.9 Å². The van der Waals surface area contributed by atoms with E-state index in [0.29, 0.717) is 5.56 Å². The molecular formula is C24H28N4O2. The van der Waals surface area contributed by atoms with Gasteiger partial charge in [-0.15, -0.1) is 0 Å². The van der Waals surface area contributed by atoms with Gasteiger partial charge in [0.2, 0.25) is 0 Å². The Labute approximate surface area is 176 Å². The van der Waals surface area contributed by atoms with Crippen LogP contribution in [0.5, 0.6) is 0 Å². The molecule has 0 saturated heterocycles. The van der Waals surface area contributed by atoms with Crippen LogP contribution in [0, 0.1) is 26.2 Å². The monoisotopic (exact) mass is 404 g/mol. The van der Waals surface area contributed by atoms with Crippen LogP contribution in [0.3, 0.4) is 0 Å². The lowest BCUT2D eigenvalue weighted by Gasteiger charge is -2.36. The van der Waals surface area contributed by atoms with Gasteiger partial charge in [0.15, 0.2) is 0 Å². The first-order chi connectivity index (χ1) is 14.1. The Morgan fingerprint density at radius 2 is 1.90 bits per heavy atom. The quantitative estimate of drug-likeness (QED) is 0.694. The maximum absolute atomic E-state index is 13.0. The number of nitrogens with zero attached hydrogens (tertiary/aromatic N) is 2. The molecule has 30 heavy (non-hydrogen) atoms. The number of carbonyl (C=O) groups is 1. The Balaban J connectivity index is 1.70. The topological polar surface area (TPSA) is 79.8 Å². The summed E-state index contributed by atoms with van der Waals surface area (Å²) in [5.74, 6) is -0.342. The molecule has 0 bridgehead atoms. The molecular weight excluding hydrogens is 376 g/mol. The van der Waals surface area contributed by atoms with Crippen LogP contribution in [0.4, 0.5) is 0 Å². The lowest BCUT2D eigenvalue weighted by atomic mass is 9.74. The number of benzene rings is 1. The number of nitrogens with one attached hydrogen (secondary N) is 2. The molecule has 156 valence electrons. The maximum atomic E-state index is 13.0. The third-order valence-corrected chi connectivity index (χ3v) is 5.86. The summed E-state index contributed by atoms with van der Waals surface area (Å²) in [6.07, 6.45) is 3.50. The van der Waals surface area contributed by atoms with Gasteiger partial charge >= 0.3 is 0 Å². The number of hydrogen-bond acceptors (Lipinski definition) is 3. The van der Waals surface area contributed by atoms with Crippen molar-refractivity contribution in [2.45, 2.75) is 53.5 Å². The van der Waals surface area contributed by atoms with Gasteiger partial charge in [0.05, 0.1) is 23.6 Å². The summed E-state index contributed by atoms with van der Waals surface area (Å²) in [5, 5.41) is 7.75. The Kier molecular flexibility index (Phi) is 4.88. The Bertz CT molecular complexity index is 1170. The molecule has 0 aliphatic heterocycles. The third-order valence-electron chi connectivity index (χ3n) is 5.86. The van der Waals surface area contributed by atoms with E-state index in [9.17, 15) is 9.59 Å². The highest BCUT2D eigenvalue weighted by molar-refractivity contribution is 5.95. The van der Waals surface area contributed by atoms with Gasteiger partial charge in [-0.25, -0.2) is 4.68 Å². The van der Waals surface area contributed by atoms with Gasteiger partial charge in [-0.2, -0.15) is 5.10 Å². The lowest BCUT2D eigenvalue weighted by Crippen LogP contribution is -2.39. The van der Waals surface area contributed by atoms with Crippen molar-refractivity contribution in [1.82, 2.24) is 20.1 Å². The molecule has 1 aliphatic carbocycles. The fourth-order valence-corrected chi connectivity index (χ4v) is 4.45. The number of H-pyrrole nitrogens is 1. The van der Waals surface area contributed by atoms with Crippen molar-refractivity contribution in [3.63, 3.8) is 0 Å². The fraction of sp³-hybridized carbons (Fsp3) is 0.375. The van der Waals surface area contributed by atoms with E-state index in [-0.39, 0.29) is 28.5 Å². The van der Waals surface area contributed by atoms with E-state index < -0.39 is 0 Å². The molecule has 0 radical (unpaired) electrons. The SMILES string of the molecule is Cc1ccc(-n2ncc3c2CC(C)(C)C[C@H]3NC(=O)c2c(C)cc(C)[nH]c2=O)cc1. The number of aromatic amines is 1. The van der Waals surface area contributed by atoms with Crippen molar-refractivity contribution in [3.05, 3.63) is 80.5 Å². The van der Waals surface area contributed by atoms with E-state index in [2.05, 4.69) is 60.4 Å². The highest BCUT2D eigenvalue weighted by Crippen LogP contribution is 2.41. The molecule has 3 aromatic rings. The first-order valence-electron chi connectivity index (χ1n) is 10.3. The molecule has 1 aliphatic rings. The molecule has 2 aromatic heterocycles. The minimum absolute atomic E-state index is 0.0117. The molecule has 4 rings (SSSR count). The highest BCUT2D eigenvalue weighted by Gasteiger charge is 2.36. The summed E-state index contributed by atoms with van der Waals surface area (Å²) in [6, 6.07) is 9.89. The lowest BCUT2D eigenvalue weighted by molar-refractivity contribution is 0.0917. The van der Waals surface area contributed by atoms with E-state index in [4.69, 9.17) is 0 Å². The number of amides is 1. The summed E-state index contributed by atoms with van der Waals surface area (Å²) >= 11 is 0. The maximum Gasteiger partial charge on any atom is 0.261 e. The molecule has 6 nitrogen and oxygen atoms in total. The van der Waals surface area contributed by atoms with Crippen LogP contribution >= 0.6 is 0 Å². The minimum Gasteiger partial charge on any atom is -0.345 e. The van der Waals surface area contributed by atoms with Crippen LogP contribution in [0.1, 0.15) is 64.7 Å². The van der Waals surface area contributed by atoms with Crippen LogP contribution in [-0.2, 0) is 6.42 Å². The van der Waals surface area contributed by atoms with Crippen LogP contribution in [0.25, 0.3) is 5.69 Å². The molecule has 2 heterocycles. The molecule has 1 amide bonds. The number of rotatable bonds is 3. The fourth-order valence-electron chi connectivity index (χ4n) is 4.45. The van der Waals surface area contributed by atoms with Gasteiger partial charge in [-0.05, 0) is 62.8 Å². The number of carbonyl (C=O) groups excluding carboxylic acids is 1. The molecule has 1 aromatic carbocycles. The first-order valence-corrected chi connectivity index (χ1v) is 10.3.